The summed E-state index contributed by atoms with van der Waals surface area (Å²) >= 11 is 9.58. The van der Waals surface area contributed by atoms with Gasteiger partial charge < -0.3 is 0 Å². The molecule has 0 amide bonds. The van der Waals surface area contributed by atoms with Crippen molar-refractivity contribution in [1.82, 2.24) is 19.9 Å². The fraction of sp³-hybridized carbons (Fsp3) is 0.167. The van der Waals surface area contributed by atoms with Gasteiger partial charge >= 0.3 is 0 Å². The van der Waals surface area contributed by atoms with Gasteiger partial charge in [-0.05, 0) is 129 Å². The zero-order chi connectivity index (χ0) is 43.2. The Bertz CT molecular complexity index is 2620. The van der Waals surface area contributed by atoms with E-state index < -0.39 is 9.84 Å². The van der Waals surface area contributed by atoms with E-state index in [1.807, 2.05) is 87.8 Å². The number of thioether (sulfide) groups is 2. The van der Waals surface area contributed by atoms with Crippen LogP contribution < -0.4 is 0 Å². The molecule has 0 atom stereocenters. The summed E-state index contributed by atoms with van der Waals surface area (Å²) in [7, 11) is -3.20. The quantitative estimate of drug-likeness (QED) is 0.0917. The Kier molecular flexibility index (Phi) is 16.5. The van der Waals surface area contributed by atoms with Crippen LogP contribution in [0.2, 0.25) is 5.02 Å². The molecule has 7 rings (SSSR count). The lowest BCUT2D eigenvalue weighted by Crippen LogP contribution is -2.05. The summed E-state index contributed by atoms with van der Waals surface area (Å²) in [6, 6.07) is 36.1. The van der Waals surface area contributed by atoms with Gasteiger partial charge in [-0.3, -0.25) is 29.5 Å². The first-order chi connectivity index (χ1) is 28.7. The second kappa shape index (κ2) is 21.7. The number of aryl methyl sites for hydroxylation is 3. The highest BCUT2D eigenvalue weighted by Crippen LogP contribution is 2.33. The van der Waals surface area contributed by atoms with Gasteiger partial charge in [-0.2, -0.15) is 0 Å². The van der Waals surface area contributed by atoms with E-state index in [0.29, 0.717) is 22.6 Å². The summed E-state index contributed by atoms with van der Waals surface area (Å²) in [4.78, 5) is 43.9. The van der Waals surface area contributed by atoms with Gasteiger partial charge in [-0.1, -0.05) is 48.0 Å². The van der Waals surface area contributed by atoms with Crippen molar-refractivity contribution >= 4 is 56.5 Å². The molecule has 0 aliphatic heterocycles. The summed E-state index contributed by atoms with van der Waals surface area (Å²) < 4.78 is 22.7. The van der Waals surface area contributed by atoms with Crippen molar-refractivity contribution in [2.45, 2.75) is 48.3 Å². The third kappa shape index (κ3) is 13.5. The Hall–Kier alpha value is -5.46. The molecule has 4 aromatic heterocycles. The van der Waals surface area contributed by atoms with Crippen molar-refractivity contribution in [3.05, 3.63) is 184 Å². The van der Waals surface area contributed by atoms with Crippen LogP contribution in [0.15, 0.2) is 155 Å². The second-order valence-corrected chi connectivity index (χ2v) is 18.0. The molecule has 0 unspecified atom stereocenters. The number of hydrogen-bond donors (Lipinski definition) is 0. The molecule has 4 heterocycles. The van der Waals surface area contributed by atoms with Gasteiger partial charge in [0.2, 0.25) is 0 Å². The third-order valence-electron chi connectivity index (χ3n) is 9.15. The molecule has 306 valence electrons. The molecule has 0 aliphatic carbocycles. The summed E-state index contributed by atoms with van der Waals surface area (Å²) in [5.74, 6) is 0.0732. The summed E-state index contributed by atoms with van der Waals surface area (Å²) in [5.41, 5.74) is 9.84. The van der Waals surface area contributed by atoms with Crippen LogP contribution in [-0.2, 0) is 22.7 Å². The average molecular weight is 874 g/mol. The van der Waals surface area contributed by atoms with E-state index in [2.05, 4.69) is 50.5 Å². The lowest BCUT2D eigenvalue weighted by molar-refractivity contribution is 0.0984. The van der Waals surface area contributed by atoms with E-state index in [0.717, 1.165) is 56.8 Å². The number of Topliss-reactive ketones (excluding diaryl/α,β-unsaturated/α-hetero) is 2. The molecule has 7 aromatic rings. The number of rotatable bonds is 11. The second-order valence-electron chi connectivity index (χ2n) is 13.8. The molecule has 3 aromatic carbocycles. The first-order valence-electron chi connectivity index (χ1n) is 18.8. The molecule has 0 fully saturated rings. The van der Waals surface area contributed by atoms with Gasteiger partial charge in [0.15, 0.2) is 21.4 Å². The van der Waals surface area contributed by atoms with Crippen molar-refractivity contribution in [2.75, 3.05) is 18.8 Å². The lowest BCUT2D eigenvalue weighted by atomic mass is 10.0. The predicted molar refractivity (Wildman–Crippen MR) is 246 cm³/mol. The monoisotopic (exact) mass is 872 g/mol. The number of pyridine rings is 4. The average Bonchev–Trinajstić information content (AvgIpc) is 3.25. The minimum Gasteiger partial charge on any atom is -0.294 e. The number of carbonyl (C=O) groups is 2. The Balaban J connectivity index is 0.000000172. The SMILES string of the molecule is CSc1ccc(-c2cc(Cl)cnc2-c2ccc(C)nc2)cc1.CSc1ccc(CC(=O)c2ccc(C)nc2)cc1.Cc1ccc(C(=O)Cc2ccc(S(C)(=O)=O)cc2)cn1. The molecule has 12 heteroatoms. The molecule has 0 N–H and O–H groups in total. The van der Waals surface area contributed by atoms with Crippen LogP contribution >= 0.6 is 35.1 Å². The summed E-state index contributed by atoms with van der Waals surface area (Å²) in [6.07, 6.45) is 12.7. The van der Waals surface area contributed by atoms with E-state index in [1.54, 1.807) is 66.4 Å². The largest absolute Gasteiger partial charge is 0.294 e. The van der Waals surface area contributed by atoms with E-state index in [-0.39, 0.29) is 22.9 Å². The molecule has 60 heavy (non-hydrogen) atoms. The van der Waals surface area contributed by atoms with Gasteiger partial charge in [-0.15, -0.1) is 23.5 Å². The highest BCUT2D eigenvalue weighted by Gasteiger charge is 2.12. The summed E-state index contributed by atoms with van der Waals surface area (Å²) in [5, 5.41) is 0.632. The Morgan fingerprint density at radius 1 is 0.550 bits per heavy atom. The lowest BCUT2D eigenvalue weighted by Gasteiger charge is -2.10. The van der Waals surface area contributed by atoms with E-state index in [1.165, 1.54) is 21.9 Å². The Labute approximate surface area is 366 Å². The maximum Gasteiger partial charge on any atom is 0.175 e. The molecule has 0 bridgehead atoms. The van der Waals surface area contributed by atoms with Gasteiger partial charge in [0.05, 0.1) is 15.6 Å². The Morgan fingerprint density at radius 3 is 1.40 bits per heavy atom. The van der Waals surface area contributed by atoms with E-state index in [9.17, 15) is 18.0 Å². The van der Waals surface area contributed by atoms with Crippen LogP contribution in [0.25, 0.3) is 22.4 Å². The van der Waals surface area contributed by atoms with Crippen molar-refractivity contribution in [3.8, 4) is 22.4 Å². The Morgan fingerprint density at radius 2 is 0.983 bits per heavy atom. The molecule has 8 nitrogen and oxygen atoms in total. The normalized spacial score (nSPS) is 10.8. The number of nitrogens with zero attached hydrogens (tertiary/aromatic N) is 4. The highest BCUT2D eigenvalue weighted by molar-refractivity contribution is 7.98. The third-order valence-corrected chi connectivity index (χ3v) is 12.0. The van der Waals surface area contributed by atoms with Crippen LogP contribution in [0.4, 0.5) is 0 Å². The number of benzene rings is 3. The van der Waals surface area contributed by atoms with Crippen molar-refractivity contribution < 1.29 is 18.0 Å². The minimum atomic E-state index is -3.20. The fourth-order valence-electron chi connectivity index (χ4n) is 5.71. The minimum absolute atomic E-state index is 0.0374. The van der Waals surface area contributed by atoms with E-state index >= 15 is 0 Å². The van der Waals surface area contributed by atoms with Gasteiger partial charge in [0.1, 0.15) is 0 Å². The first kappa shape index (κ1) is 45.6. The van der Waals surface area contributed by atoms with Crippen LogP contribution in [-0.4, -0.2) is 58.7 Å². The van der Waals surface area contributed by atoms with E-state index in [4.69, 9.17) is 11.6 Å². The van der Waals surface area contributed by atoms with Crippen molar-refractivity contribution in [3.63, 3.8) is 0 Å². The fourth-order valence-corrected chi connectivity index (χ4v) is 7.31. The van der Waals surface area contributed by atoms with Gasteiger partial charge in [-0.25, -0.2) is 8.42 Å². The zero-order valence-electron chi connectivity index (χ0n) is 34.2. The first-order valence-corrected chi connectivity index (χ1v) is 23.5. The molecular formula is C48H45ClN4O4S3. The van der Waals surface area contributed by atoms with Crippen LogP contribution in [0.1, 0.15) is 48.9 Å². The highest BCUT2D eigenvalue weighted by atomic mass is 35.5. The maximum absolute atomic E-state index is 12.0. The number of ketones is 2. The van der Waals surface area contributed by atoms with Crippen molar-refractivity contribution in [2.24, 2.45) is 0 Å². The molecule has 0 saturated heterocycles. The predicted octanol–water partition coefficient (Wildman–Crippen LogP) is 11.3. The number of aromatic nitrogens is 4. The van der Waals surface area contributed by atoms with Crippen LogP contribution in [0, 0.1) is 20.8 Å². The topological polar surface area (TPSA) is 120 Å². The maximum atomic E-state index is 12.0. The molecular weight excluding hydrogens is 828 g/mol. The molecule has 0 radical (unpaired) electrons. The van der Waals surface area contributed by atoms with Crippen LogP contribution in [0.5, 0.6) is 0 Å². The summed E-state index contributed by atoms with van der Waals surface area (Å²) in [6.45, 7) is 5.74. The number of carbonyl (C=O) groups excluding carboxylic acids is 2. The molecule has 0 saturated carbocycles. The standard InChI is InChI=1S/C18H15ClN2S.C15H15NO3S.C15H15NOS/c1-12-3-4-14(10-20-12)18-17(9-15(19)11-21-18)13-5-7-16(22-2)8-6-13;1-11-3-6-13(10-16-11)15(17)9-12-4-7-14(8-5-12)20(2,18)19;1-11-3-6-13(10-16-11)15(17)9-12-4-7-14(18-2)8-5-12/h3-11H,1-2H3;3-8,10H,9H2,1-2H3;3-8,10H,9H2,1-2H3. The van der Waals surface area contributed by atoms with Crippen LogP contribution in [0.3, 0.4) is 0 Å². The number of hydrogen-bond acceptors (Lipinski definition) is 10. The molecule has 0 spiro atoms. The molecule has 0 aliphatic rings. The zero-order valence-corrected chi connectivity index (χ0v) is 37.4. The van der Waals surface area contributed by atoms with Gasteiger partial charge in [0.25, 0.3) is 0 Å². The smallest absolute Gasteiger partial charge is 0.175 e. The number of halogens is 1. The number of sulfone groups is 1. The van der Waals surface area contributed by atoms with Gasteiger partial charge in [0, 0.05) is 93.0 Å². The van der Waals surface area contributed by atoms with Crippen molar-refractivity contribution in [1.29, 1.82) is 0 Å².